The first-order chi connectivity index (χ1) is 12.3. The molecule has 144 valence electrons. The molecule has 1 aromatic rings. The highest BCUT2D eigenvalue weighted by Gasteiger charge is 2.28. The monoisotopic (exact) mass is 380 g/mol. The van der Waals surface area contributed by atoms with Crippen molar-refractivity contribution in [3.63, 3.8) is 0 Å². The second-order valence-electron chi connectivity index (χ2n) is 7.70. The van der Waals surface area contributed by atoms with Crippen molar-refractivity contribution in [1.29, 1.82) is 0 Å². The van der Waals surface area contributed by atoms with E-state index in [9.17, 15) is 9.59 Å². The molecule has 0 saturated carbocycles. The van der Waals surface area contributed by atoms with Gasteiger partial charge in [0.2, 0.25) is 5.91 Å². The Balaban J connectivity index is 1.91. The Morgan fingerprint density at radius 3 is 2.54 bits per heavy atom. The van der Waals surface area contributed by atoms with Crippen LogP contribution in [0.25, 0.3) is 0 Å². The summed E-state index contributed by atoms with van der Waals surface area (Å²) < 4.78 is 0. The van der Waals surface area contributed by atoms with E-state index in [1.165, 1.54) is 11.3 Å². The van der Waals surface area contributed by atoms with Gasteiger partial charge in [-0.1, -0.05) is 31.5 Å². The summed E-state index contributed by atoms with van der Waals surface area (Å²) in [6, 6.07) is 5.38. The zero-order chi connectivity index (χ0) is 19.3. The minimum atomic E-state index is -0.194. The molecule has 0 bridgehead atoms. The standard InChI is InChI=1S/C20H30ClN3O2/c1-5-24(20(26)13-23-10-14(2)8-15(3)11-23)12-19(25)22-18-9-17(21)7-6-16(18)4/h6-7,9,14-15H,5,8,10-13H2,1-4H3,(H,22,25)/p+1/t14-,15+. The molecule has 1 aliphatic heterocycles. The van der Waals surface area contributed by atoms with Crippen molar-refractivity contribution in [1.82, 2.24) is 4.90 Å². The van der Waals surface area contributed by atoms with Gasteiger partial charge in [-0.15, -0.1) is 0 Å². The lowest BCUT2D eigenvalue weighted by molar-refractivity contribution is -0.904. The first-order valence-corrected chi connectivity index (χ1v) is 9.83. The Bertz CT molecular complexity index is 640. The molecule has 5 nitrogen and oxygen atoms in total. The van der Waals surface area contributed by atoms with E-state index >= 15 is 0 Å². The Labute approximate surface area is 161 Å². The Kier molecular flexibility index (Phi) is 7.47. The maximum absolute atomic E-state index is 12.7. The maximum atomic E-state index is 12.7. The molecule has 1 aromatic carbocycles. The van der Waals surface area contributed by atoms with E-state index in [1.807, 2.05) is 19.9 Å². The number of nitrogens with zero attached hydrogens (tertiary/aromatic N) is 1. The smallest absolute Gasteiger partial charge is 0.278 e. The summed E-state index contributed by atoms with van der Waals surface area (Å²) in [6.07, 6.45) is 1.23. The molecule has 0 radical (unpaired) electrons. The summed E-state index contributed by atoms with van der Waals surface area (Å²) in [7, 11) is 0. The van der Waals surface area contributed by atoms with Crippen LogP contribution in [0, 0.1) is 18.8 Å². The van der Waals surface area contributed by atoms with Crippen molar-refractivity contribution in [2.45, 2.75) is 34.1 Å². The lowest BCUT2D eigenvalue weighted by atomic mass is 9.92. The van der Waals surface area contributed by atoms with Crippen LogP contribution >= 0.6 is 11.6 Å². The molecule has 2 N–H and O–H groups in total. The Morgan fingerprint density at radius 2 is 1.92 bits per heavy atom. The molecule has 26 heavy (non-hydrogen) atoms. The van der Waals surface area contributed by atoms with E-state index in [0.717, 1.165) is 18.7 Å². The molecule has 2 rings (SSSR count). The van der Waals surface area contributed by atoms with E-state index in [4.69, 9.17) is 11.6 Å². The summed E-state index contributed by atoms with van der Waals surface area (Å²) in [5.74, 6) is 1.14. The second-order valence-corrected chi connectivity index (χ2v) is 8.13. The lowest BCUT2D eigenvalue weighted by Crippen LogP contribution is -3.15. The molecule has 6 heteroatoms. The minimum Gasteiger partial charge on any atom is -0.329 e. The first-order valence-electron chi connectivity index (χ1n) is 9.45. The van der Waals surface area contributed by atoms with Crippen LogP contribution in [-0.4, -0.2) is 49.4 Å². The molecule has 0 aliphatic carbocycles. The van der Waals surface area contributed by atoms with E-state index in [1.54, 1.807) is 17.0 Å². The minimum absolute atomic E-state index is 0.0433. The zero-order valence-electron chi connectivity index (χ0n) is 16.3. The summed E-state index contributed by atoms with van der Waals surface area (Å²) in [4.78, 5) is 28.0. The summed E-state index contributed by atoms with van der Waals surface area (Å²) in [5.41, 5.74) is 1.63. The third-order valence-corrected chi connectivity index (χ3v) is 5.26. The van der Waals surface area contributed by atoms with E-state index in [-0.39, 0.29) is 18.4 Å². The third kappa shape index (κ3) is 5.99. The van der Waals surface area contributed by atoms with Gasteiger partial charge in [-0.25, -0.2) is 0 Å². The van der Waals surface area contributed by atoms with Crippen molar-refractivity contribution >= 4 is 29.1 Å². The number of likely N-dealkylation sites (tertiary alicyclic amines) is 1. The number of hydrogen-bond acceptors (Lipinski definition) is 2. The molecule has 1 unspecified atom stereocenters. The quantitative estimate of drug-likeness (QED) is 0.793. The third-order valence-electron chi connectivity index (χ3n) is 5.02. The van der Waals surface area contributed by atoms with Crippen LogP contribution in [0.2, 0.25) is 5.02 Å². The van der Waals surface area contributed by atoms with Crippen LogP contribution < -0.4 is 10.2 Å². The van der Waals surface area contributed by atoms with Crippen LogP contribution in [0.15, 0.2) is 18.2 Å². The predicted molar refractivity (Wildman–Crippen MR) is 106 cm³/mol. The highest BCUT2D eigenvalue weighted by Crippen LogP contribution is 2.20. The molecule has 1 heterocycles. The Morgan fingerprint density at radius 1 is 1.27 bits per heavy atom. The molecule has 1 aliphatic rings. The molecular formula is C20H31ClN3O2+. The average Bonchev–Trinajstić information content (AvgIpc) is 2.55. The molecule has 1 saturated heterocycles. The largest absolute Gasteiger partial charge is 0.329 e. The van der Waals surface area contributed by atoms with Crippen LogP contribution in [0.1, 0.15) is 32.8 Å². The number of carbonyl (C=O) groups is 2. The van der Waals surface area contributed by atoms with Gasteiger partial charge in [-0.05, 0) is 38.0 Å². The van der Waals surface area contributed by atoms with E-state index in [0.29, 0.717) is 35.6 Å². The number of quaternary nitrogens is 1. The Hall–Kier alpha value is -1.59. The van der Waals surface area contributed by atoms with Gasteiger partial charge in [-0.3, -0.25) is 9.59 Å². The van der Waals surface area contributed by atoms with Crippen molar-refractivity contribution < 1.29 is 14.5 Å². The number of carbonyl (C=O) groups excluding carboxylic acids is 2. The highest BCUT2D eigenvalue weighted by atomic mass is 35.5. The zero-order valence-corrected chi connectivity index (χ0v) is 17.0. The van der Waals surface area contributed by atoms with Gasteiger partial charge in [0.05, 0.1) is 13.1 Å². The van der Waals surface area contributed by atoms with Crippen molar-refractivity contribution in [3.8, 4) is 0 Å². The van der Waals surface area contributed by atoms with Crippen LogP contribution in [0.3, 0.4) is 0 Å². The number of halogens is 1. The fourth-order valence-electron chi connectivity index (χ4n) is 3.86. The van der Waals surface area contributed by atoms with Crippen LogP contribution in [0.5, 0.6) is 0 Å². The molecular weight excluding hydrogens is 350 g/mol. The number of rotatable bonds is 6. The number of nitrogens with one attached hydrogen (secondary N) is 2. The van der Waals surface area contributed by atoms with Gasteiger partial charge >= 0.3 is 0 Å². The number of piperidine rings is 1. The predicted octanol–water partition coefficient (Wildman–Crippen LogP) is 2.00. The topological polar surface area (TPSA) is 53.9 Å². The van der Waals surface area contributed by atoms with Crippen LogP contribution in [0.4, 0.5) is 5.69 Å². The van der Waals surface area contributed by atoms with E-state index in [2.05, 4.69) is 19.2 Å². The van der Waals surface area contributed by atoms with Gasteiger partial charge in [0.1, 0.15) is 6.54 Å². The van der Waals surface area contributed by atoms with E-state index < -0.39 is 0 Å². The van der Waals surface area contributed by atoms with Crippen molar-refractivity contribution in [2.24, 2.45) is 11.8 Å². The summed E-state index contributed by atoms with van der Waals surface area (Å²) in [6.45, 7) is 11.4. The molecule has 2 amide bonds. The fraction of sp³-hybridized carbons (Fsp3) is 0.600. The SMILES string of the molecule is CCN(CC(=O)Nc1cc(Cl)ccc1C)C(=O)C[NH+]1C[C@H](C)C[C@H](C)C1. The normalized spacial score (nSPS) is 22.7. The fourth-order valence-corrected chi connectivity index (χ4v) is 4.03. The first kappa shape index (κ1) is 20.7. The van der Waals surface area contributed by atoms with Gasteiger partial charge in [0.25, 0.3) is 5.91 Å². The van der Waals surface area contributed by atoms with Gasteiger partial charge in [0, 0.05) is 29.1 Å². The lowest BCUT2D eigenvalue weighted by Gasteiger charge is -2.32. The summed E-state index contributed by atoms with van der Waals surface area (Å²) >= 11 is 6.00. The number of anilines is 1. The molecule has 1 fully saturated rings. The number of amides is 2. The summed E-state index contributed by atoms with van der Waals surface area (Å²) in [5, 5.41) is 3.44. The van der Waals surface area contributed by atoms with Gasteiger partial charge < -0.3 is 15.1 Å². The average molecular weight is 381 g/mol. The molecule has 3 atom stereocenters. The second kappa shape index (κ2) is 9.38. The van der Waals surface area contributed by atoms with Crippen molar-refractivity contribution in [2.75, 3.05) is 38.0 Å². The number of likely N-dealkylation sites (N-methyl/N-ethyl adjacent to an activating group) is 1. The molecule has 0 aromatic heterocycles. The van der Waals surface area contributed by atoms with Crippen molar-refractivity contribution in [3.05, 3.63) is 28.8 Å². The van der Waals surface area contributed by atoms with Crippen LogP contribution in [-0.2, 0) is 9.59 Å². The highest BCUT2D eigenvalue weighted by molar-refractivity contribution is 6.31. The van der Waals surface area contributed by atoms with Gasteiger partial charge in [-0.2, -0.15) is 0 Å². The number of aryl methyl sites for hydroxylation is 1. The number of hydrogen-bond donors (Lipinski definition) is 2. The number of benzene rings is 1. The molecule has 0 spiro atoms. The van der Waals surface area contributed by atoms with Gasteiger partial charge in [0.15, 0.2) is 6.54 Å². The maximum Gasteiger partial charge on any atom is 0.278 e.